The highest BCUT2D eigenvalue weighted by molar-refractivity contribution is 7.80. The summed E-state index contributed by atoms with van der Waals surface area (Å²) < 4.78 is 10.4. The fourth-order valence-electron chi connectivity index (χ4n) is 2.06. The first-order valence-corrected chi connectivity index (χ1v) is 7.72. The second-order valence-corrected chi connectivity index (χ2v) is 5.33. The molecule has 6 nitrogen and oxygen atoms in total. The topological polar surface area (TPSA) is 72.2 Å². The molecule has 3 aromatic rings. The van der Waals surface area contributed by atoms with Gasteiger partial charge in [-0.3, -0.25) is 0 Å². The number of thiocarbonyl (C=S) groups is 1. The number of nitrogens with zero attached hydrogens (tertiary/aromatic N) is 2. The monoisotopic (exact) mass is 340 g/mol. The molecule has 122 valence electrons. The molecular formula is C17H16N4O2S. The van der Waals surface area contributed by atoms with Gasteiger partial charge in [0.05, 0.1) is 13.7 Å². The van der Waals surface area contributed by atoms with Crippen molar-refractivity contribution in [2.75, 3.05) is 12.4 Å². The Labute approximate surface area is 144 Å². The quantitative estimate of drug-likeness (QED) is 0.691. The molecule has 1 aromatic heterocycles. The van der Waals surface area contributed by atoms with Gasteiger partial charge < -0.3 is 19.9 Å². The lowest BCUT2D eigenvalue weighted by atomic mass is 10.2. The van der Waals surface area contributed by atoms with Gasteiger partial charge in [0.2, 0.25) is 11.7 Å². The van der Waals surface area contributed by atoms with Crippen molar-refractivity contribution < 1.29 is 9.26 Å². The summed E-state index contributed by atoms with van der Waals surface area (Å²) in [4.78, 5) is 4.35. The van der Waals surface area contributed by atoms with Gasteiger partial charge in [0.15, 0.2) is 5.11 Å². The number of para-hydroxylation sites is 1. The summed E-state index contributed by atoms with van der Waals surface area (Å²) in [7, 11) is 1.62. The van der Waals surface area contributed by atoms with Gasteiger partial charge in [-0.15, -0.1) is 0 Å². The molecular weight excluding hydrogens is 324 g/mol. The van der Waals surface area contributed by atoms with E-state index in [1.165, 1.54) is 0 Å². The highest BCUT2D eigenvalue weighted by Crippen LogP contribution is 2.21. The molecule has 0 saturated heterocycles. The Kier molecular flexibility index (Phi) is 5.02. The zero-order valence-corrected chi connectivity index (χ0v) is 13.8. The molecule has 0 unspecified atom stereocenters. The van der Waals surface area contributed by atoms with Crippen molar-refractivity contribution in [2.24, 2.45) is 0 Å². The molecule has 0 aliphatic rings. The summed E-state index contributed by atoms with van der Waals surface area (Å²) in [6, 6.07) is 17.2. The Morgan fingerprint density at radius 2 is 2.00 bits per heavy atom. The van der Waals surface area contributed by atoms with Gasteiger partial charge in [0, 0.05) is 11.3 Å². The summed E-state index contributed by atoms with van der Waals surface area (Å²) in [5, 5.41) is 10.6. The van der Waals surface area contributed by atoms with Crippen LogP contribution in [0.2, 0.25) is 0 Å². The number of hydrogen-bond donors (Lipinski definition) is 2. The van der Waals surface area contributed by atoms with E-state index in [2.05, 4.69) is 20.8 Å². The summed E-state index contributed by atoms with van der Waals surface area (Å²) in [6.45, 7) is 0.343. The summed E-state index contributed by atoms with van der Waals surface area (Å²) in [5.74, 6) is 1.70. The van der Waals surface area contributed by atoms with E-state index in [1.54, 1.807) is 7.11 Å². The summed E-state index contributed by atoms with van der Waals surface area (Å²) >= 11 is 5.24. The fourth-order valence-corrected chi connectivity index (χ4v) is 2.25. The molecule has 0 amide bonds. The van der Waals surface area contributed by atoms with E-state index >= 15 is 0 Å². The van der Waals surface area contributed by atoms with Gasteiger partial charge in [-0.1, -0.05) is 35.5 Å². The number of rotatable bonds is 5. The molecule has 0 aliphatic carbocycles. The Balaban J connectivity index is 1.59. The van der Waals surface area contributed by atoms with Crippen molar-refractivity contribution in [1.29, 1.82) is 0 Å². The van der Waals surface area contributed by atoms with Crippen LogP contribution in [0.1, 0.15) is 5.89 Å². The van der Waals surface area contributed by atoms with Crippen molar-refractivity contribution >= 4 is 23.0 Å². The van der Waals surface area contributed by atoms with Crippen molar-refractivity contribution in [1.82, 2.24) is 15.5 Å². The molecule has 1 heterocycles. The molecule has 0 radical (unpaired) electrons. The van der Waals surface area contributed by atoms with E-state index in [9.17, 15) is 0 Å². The van der Waals surface area contributed by atoms with Crippen LogP contribution in [0.15, 0.2) is 59.1 Å². The van der Waals surface area contributed by atoms with Crippen LogP contribution in [0.5, 0.6) is 5.75 Å². The van der Waals surface area contributed by atoms with Gasteiger partial charge >= 0.3 is 0 Å². The number of ether oxygens (including phenoxy) is 1. The Hall–Kier alpha value is -2.93. The van der Waals surface area contributed by atoms with Crippen LogP contribution in [0.3, 0.4) is 0 Å². The summed E-state index contributed by atoms with van der Waals surface area (Å²) in [5.41, 5.74) is 1.74. The van der Waals surface area contributed by atoms with Crippen molar-refractivity contribution in [3.8, 4) is 17.1 Å². The first-order chi connectivity index (χ1) is 11.7. The van der Waals surface area contributed by atoms with Gasteiger partial charge in [-0.2, -0.15) is 4.98 Å². The number of benzene rings is 2. The Morgan fingerprint density at radius 1 is 1.17 bits per heavy atom. The van der Waals surface area contributed by atoms with Crippen molar-refractivity contribution in [2.45, 2.75) is 6.54 Å². The van der Waals surface area contributed by atoms with Crippen molar-refractivity contribution in [3.05, 3.63) is 60.5 Å². The van der Waals surface area contributed by atoms with Crippen LogP contribution in [-0.4, -0.2) is 22.4 Å². The highest BCUT2D eigenvalue weighted by Gasteiger charge is 2.09. The van der Waals surface area contributed by atoms with E-state index < -0.39 is 0 Å². The third kappa shape index (κ3) is 4.08. The Bertz CT molecular complexity index is 820. The SMILES string of the molecule is COc1cccc(-c2noc(CNC(=S)Nc3ccccc3)n2)c1. The van der Waals surface area contributed by atoms with Gasteiger partial charge in [-0.05, 0) is 36.5 Å². The zero-order chi connectivity index (χ0) is 16.8. The lowest BCUT2D eigenvalue weighted by Crippen LogP contribution is -2.27. The van der Waals surface area contributed by atoms with Gasteiger partial charge in [0.25, 0.3) is 0 Å². The maximum absolute atomic E-state index is 5.24. The molecule has 0 atom stereocenters. The molecule has 0 saturated carbocycles. The fraction of sp³-hybridized carbons (Fsp3) is 0.118. The van der Waals surface area contributed by atoms with Crippen LogP contribution < -0.4 is 15.4 Å². The predicted molar refractivity (Wildman–Crippen MR) is 95.8 cm³/mol. The molecule has 2 aromatic carbocycles. The third-order valence-corrected chi connectivity index (χ3v) is 3.47. The molecule has 3 rings (SSSR count). The number of anilines is 1. The number of nitrogens with one attached hydrogen (secondary N) is 2. The maximum atomic E-state index is 5.24. The average molecular weight is 340 g/mol. The maximum Gasteiger partial charge on any atom is 0.246 e. The zero-order valence-electron chi connectivity index (χ0n) is 13.0. The second-order valence-electron chi connectivity index (χ2n) is 4.92. The average Bonchev–Trinajstić information content (AvgIpc) is 3.10. The van der Waals surface area contributed by atoms with Crippen LogP contribution in [0, 0.1) is 0 Å². The van der Waals surface area contributed by atoms with Crippen LogP contribution in [-0.2, 0) is 6.54 Å². The van der Waals surface area contributed by atoms with Crippen molar-refractivity contribution in [3.63, 3.8) is 0 Å². The highest BCUT2D eigenvalue weighted by atomic mass is 32.1. The van der Waals surface area contributed by atoms with E-state index in [0.717, 1.165) is 17.0 Å². The second kappa shape index (κ2) is 7.56. The number of methoxy groups -OCH3 is 1. The minimum atomic E-state index is 0.343. The standard InChI is InChI=1S/C17H16N4O2S/c1-22-14-9-5-6-12(10-14)16-20-15(23-21-16)11-18-17(24)19-13-7-3-2-4-8-13/h2-10H,11H2,1H3,(H2,18,19,24). The van der Waals surface area contributed by atoms with Gasteiger partial charge in [-0.25, -0.2) is 0 Å². The molecule has 0 aliphatic heterocycles. The molecule has 0 spiro atoms. The number of aromatic nitrogens is 2. The van der Waals surface area contributed by atoms with E-state index in [4.69, 9.17) is 21.5 Å². The van der Waals surface area contributed by atoms with E-state index in [-0.39, 0.29) is 0 Å². The first kappa shape index (κ1) is 15.9. The predicted octanol–water partition coefficient (Wildman–Crippen LogP) is 3.23. The van der Waals surface area contributed by atoms with E-state index in [0.29, 0.717) is 23.4 Å². The minimum Gasteiger partial charge on any atom is -0.497 e. The van der Waals surface area contributed by atoms with E-state index in [1.807, 2.05) is 54.6 Å². The molecule has 0 bridgehead atoms. The minimum absolute atomic E-state index is 0.343. The smallest absolute Gasteiger partial charge is 0.246 e. The molecule has 24 heavy (non-hydrogen) atoms. The largest absolute Gasteiger partial charge is 0.497 e. The third-order valence-electron chi connectivity index (χ3n) is 3.23. The lowest BCUT2D eigenvalue weighted by molar-refractivity contribution is 0.376. The lowest BCUT2D eigenvalue weighted by Gasteiger charge is -2.08. The normalized spacial score (nSPS) is 10.2. The van der Waals surface area contributed by atoms with Crippen LogP contribution in [0.25, 0.3) is 11.4 Å². The number of hydrogen-bond acceptors (Lipinski definition) is 5. The van der Waals surface area contributed by atoms with Gasteiger partial charge in [0.1, 0.15) is 5.75 Å². The van der Waals surface area contributed by atoms with Crippen LogP contribution in [0.4, 0.5) is 5.69 Å². The first-order valence-electron chi connectivity index (χ1n) is 7.31. The molecule has 0 fully saturated rings. The molecule has 2 N–H and O–H groups in total. The summed E-state index contributed by atoms with van der Waals surface area (Å²) in [6.07, 6.45) is 0. The van der Waals surface area contributed by atoms with Crippen LogP contribution >= 0.6 is 12.2 Å². The molecule has 7 heteroatoms. The Morgan fingerprint density at radius 3 is 2.79 bits per heavy atom.